The van der Waals surface area contributed by atoms with Crippen LogP contribution in [0.4, 0.5) is 5.69 Å². The standard InChI is InChI=1S/C19H27ClN2O2.C8H10ClN.C3H8OS/c1-5-15-7-6-10-22(15)19(24)16-9-8-14(11-17(16)20)18(23)21-13(4)12(2)3;1-6-5-7(9)3-4-8(6)10-2;1-5(2,3)4/h8-9,11-13,15H,5-7,10H2,1-4H3,(H,21,23);3-5,10H,1-2H3;1H2,2-3H3/t13?,15-;;/m0../s1. The molecule has 0 spiro atoms. The topological polar surface area (TPSA) is 78.5 Å². The van der Waals surface area contributed by atoms with Gasteiger partial charge in [0.1, 0.15) is 0 Å². The van der Waals surface area contributed by atoms with Gasteiger partial charge >= 0.3 is 0 Å². The van der Waals surface area contributed by atoms with Crippen molar-refractivity contribution in [1.82, 2.24) is 10.2 Å². The maximum Gasteiger partial charge on any atom is 0.255 e. The van der Waals surface area contributed by atoms with Crippen molar-refractivity contribution in [1.29, 1.82) is 0 Å². The first-order chi connectivity index (χ1) is 18.1. The van der Waals surface area contributed by atoms with E-state index in [1.807, 2.05) is 44.0 Å². The molecule has 0 radical (unpaired) electrons. The van der Waals surface area contributed by atoms with Crippen molar-refractivity contribution in [2.45, 2.75) is 66.0 Å². The third-order valence-corrected chi connectivity index (χ3v) is 6.94. The molecule has 9 heteroatoms. The average molecular weight is 599 g/mol. The van der Waals surface area contributed by atoms with Gasteiger partial charge in [0.25, 0.3) is 11.8 Å². The molecule has 0 bridgehead atoms. The largest absolute Gasteiger partial charge is 0.388 e. The molecule has 0 aliphatic carbocycles. The molecule has 39 heavy (non-hydrogen) atoms. The summed E-state index contributed by atoms with van der Waals surface area (Å²) in [4.78, 5) is 26.9. The highest BCUT2D eigenvalue weighted by Crippen LogP contribution is 2.26. The molecule has 6 nitrogen and oxygen atoms in total. The molecule has 1 aliphatic rings. The van der Waals surface area contributed by atoms with Crippen molar-refractivity contribution in [3.8, 4) is 0 Å². The van der Waals surface area contributed by atoms with E-state index in [4.69, 9.17) is 23.2 Å². The van der Waals surface area contributed by atoms with Crippen LogP contribution in [0.1, 0.15) is 73.2 Å². The summed E-state index contributed by atoms with van der Waals surface area (Å²) < 4.78 is 10.1. The van der Waals surface area contributed by atoms with Crippen LogP contribution >= 0.6 is 23.2 Å². The molecule has 2 aromatic carbocycles. The van der Waals surface area contributed by atoms with Crippen LogP contribution < -0.4 is 10.6 Å². The van der Waals surface area contributed by atoms with E-state index in [-0.39, 0.29) is 17.9 Å². The minimum atomic E-state index is -1.67. The van der Waals surface area contributed by atoms with Gasteiger partial charge in [-0.25, -0.2) is 0 Å². The summed E-state index contributed by atoms with van der Waals surface area (Å²) in [7, 11) is 0.232. The van der Waals surface area contributed by atoms with E-state index in [2.05, 4.69) is 37.3 Å². The van der Waals surface area contributed by atoms with Gasteiger partial charge < -0.3 is 15.5 Å². The molecule has 1 saturated heterocycles. The van der Waals surface area contributed by atoms with E-state index >= 15 is 0 Å². The number of hydrogen-bond donors (Lipinski definition) is 2. The van der Waals surface area contributed by atoms with E-state index in [0.29, 0.717) is 28.1 Å². The molecule has 2 atom stereocenters. The summed E-state index contributed by atoms with van der Waals surface area (Å²) in [6, 6.07) is 11.1. The molecule has 2 aromatic rings. The van der Waals surface area contributed by atoms with Crippen LogP contribution in [0.2, 0.25) is 10.0 Å². The van der Waals surface area contributed by atoms with Crippen LogP contribution in [0.5, 0.6) is 0 Å². The number of carbonyl (C=O) groups is 2. The lowest BCUT2D eigenvalue weighted by Crippen LogP contribution is -2.36. The summed E-state index contributed by atoms with van der Waals surface area (Å²) in [5.41, 5.74) is 3.27. The Morgan fingerprint density at radius 3 is 2.23 bits per heavy atom. The number of anilines is 1. The predicted octanol–water partition coefficient (Wildman–Crippen LogP) is 6.78. The van der Waals surface area contributed by atoms with Crippen LogP contribution in [-0.2, 0) is 9.52 Å². The van der Waals surface area contributed by atoms with Crippen LogP contribution in [0, 0.1) is 12.8 Å². The third-order valence-electron chi connectivity index (χ3n) is 6.39. The Balaban J connectivity index is 0.000000415. The van der Waals surface area contributed by atoms with Gasteiger partial charge in [-0.15, -0.1) is 0 Å². The Kier molecular flexibility index (Phi) is 14.4. The van der Waals surface area contributed by atoms with Crippen molar-refractivity contribution in [2.24, 2.45) is 5.92 Å². The van der Waals surface area contributed by atoms with Crippen molar-refractivity contribution >= 4 is 56.1 Å². The molecule has 218 valence electrons. The number of amides is 2. The smallest absolute Gasteiger partial charge is 0.255 e. The van der Waals surface area contributed by atoms with Crippen molar-refractivity contribution in [3.05, 3.63) is 63.1 Å². The molecule has 2 amide bonds. The normalized spacial score (nSPS) is 15.5. The van der Waals surface area contributed by atoms with Gasteiger partial charge in [-0.05, 0) is 96.4 Å². The molecule has 1 aliphatic heterocycles. The second-order valence-corrected chi connectivity index (χ2v) is 14.3. The number of benzene rings is 2. The van der Waals surface area contributed by atoms with Gasteiger partial charge in [-0.3, -0.25) is 13.8 Å². The number of halogens is 2. The highest BCUT2D eigenvalue weighted by Gasteiger charge is 2.29. The van der Waals surface area contributed by atoms with E-state index in [9.17, 15) is 13.8 Å². The highest BCUT2D eigenvalue weighted by atomic mass is 35.5. The number of carbonyl (C=O) groups excluding carboxylic acids is 2. The molecular formula is C30H45Cl2N3O3S. The molecule has 1 fully saturated rings. The zero-order chi connectivity index (χ0) is 29.9. The van der Waals surface area contributed by atoms with Crippen LogP contribution in [0.3, 0.4) is 0 Å². The maximum absolute atomic E-state index is 12.7. The average Bonchev–Trinajstić information content (AvgIpc) is 3.32. The SMILES string of the molecule is C=S(C)(C)=O.CC[C@H]1CCCN1C(=O)c1ccc(C(=O)NC(C)C(C)C)cc1Cl.CNc1ccc(Cl)cc1C. The Hall–Kier alpha value is -2.22. The molecule has 1 heterocycles. The minimum absolute atomic E-state index is 0.0353. The van der Waals surface area contributed by atoms with E-state index in [1.165, 1.54) is 5.56 Å². The first-order valence-corrected chi connectivity index (χ1v) is 16.5. The summed E-state index contributed by atoms with van der Waals surface area (Å²) >= 11 is 12.1. The van der Waals surface area contributed by atoms with E-state index in [0.717, 1.165) is 36.5 Å². The van der Waals surface area contributed by atoms with Crippen molar-refractivity contribution in [3.63, 3.8) is 0 Å². The Labute approximate surface area is 245 Å². The highest BCUT2D eigenvalue weighted by molar-refractivity contribution is 7.98. The van der Waals surface area contributed by atoms with Gasteiger partial charge in [0.15, 0.2) is 0 Å². The number of nitrogens with zero attached hydrogens (tertiary/aromatic N) is 1. The maximum atomic E-state index is 12.7. The zero-order valence-electron chi connectivity index (χ0n) is 24.6. The first-order valence-electron chi connectivity index (χ1n) is 13.2. The van der Waals surface area contributed by atoms with Gasteiger partial charge in [0.2, 0.25) is 0 Å². The Morgan fingerprint density at radius 1 is 1.13 bits per heavy atom. The minimum Gasteiger partial charge on any atom is -0.388 e. The Bertz CT molecular complexity index is 1210. The van der Waals surface area contributed by atoms with Gasteiger partial charge in [-0.1, -0.05) is 44.0 Å². The van der Waals surface area contributed by atoms with Crippen molar-refractivity contribution < 1.29 is 13.8 Å². The van der Waals surface area contributed by atoms with Crippen LogP contribution in [0.25, 0.3) is 0 Å². The molecule has 2 N–H and O–H groups in total. The molecule has 0 aromatic heterocycles. The second kappa shape index (κ2) is 16.1. The number of rotatable bonds is 6. The fourth-order valence-electron chi connectivity index (χ4n) is 3.88. The number of likely N-dealkylation sites (tertiary alicyclic amines) is 1. The zero-order valence-corrected chi connectivity index (χ0v) is 26.9. The number of aryl methyl sites for hydroxylation is 1. The monoisotopic (exact) mass is 597 g/mol. The second-order valence-electron chi connectivity index (χ2n) is 10.5. The van der Waals surface area contributed by atoms with Crippen LogP contribution in [0.15, 0.2) is 36.4 Å². The van der Waals surface area contributed by atoms with Crippen LogP contribution in [-0.4, -0.2) is 65.0 Å². The lowest BCUT2D eigenvalue weighted by atomic mass is 10.0. The van der Waals surface area contributed by atoms with E-state index in [1.54, 1.807) is 30.7 Å². The lowest BCUT2D eigenvalue weighted by Gasteiger charge is -2.24. The molecule has 0 saturated carbocycles. The van der Waals surface area contributed by atoms with Crippen molar-refractivity contribution in [2.75, 3.05) is 31.4 Å². The summed E-state index contributed by atoms with van der Waals surface area (Å²) in [5, 5.41) is 7.14. The molecule has 1 unspecified atom stereocenters. The lowest BCUT2D eigenvalue weighted by molar-refractivity contribution is 0.0733. The van der Waals surface area contributed by atoms with Gasteiger partial charge in [0, 0.05) is 54.5 Å². The quantitative estimate of drug-likeness (QED) is 0.360. The summed E-state index contributed by atoms with van der Waals surface area (Å²) in [6.45, 7) is 11.0. The fourth-order valence-corrected chi connectivity index (χ4v) is 4.36. The fraction of sp³-hybridized carbons (Fsp3) is 0.500. The molecule has 3 rings (SSSR count). The number of hydrogen-bond acceptors (Lipinski definition) is 4. The number of nitrogens with one attached hydrogen (secondary N) is 2. The molecular weight excluding hydrogens is 553 g/mol. The Morgan fingerprint density at radius 2 is 1.74 bits per heavy atom. The summed E-state index contributed by atoms with van der Waals surface area (Å²) in [5.74, 6) is 3.45. The van der Waals surface area contributed by atoms with Gasteiger partial charge in [-0.2, -0.15) is 0 Å². The predicted molar refractivity (Wildman–Crippen MR) is 170 cm³/mol. The van der Waals surface area contributed by atoms with E-state index < -0.39 is 9.52 Å². The first kappa shape index (κ1) is 34.8. The third kappa shape index (κ3) is 12.2. The van der Waals surface area contributed by atoms with Gasteiger partial charge in [0.05, 0.1) is 10.6 Å². The summed E-state index contributed by atoms with van der Waals surface area (Å²) in [6.07, 6.45) is 6.25.